The van der Waals surface area contributed by atoms with Crippen molar-refractivity contribution >= 4 is 17.6 Å². The third-order valence-corrected chi connectivity index (χ3v) is 4.91. The average Bonchev–Trinajstić information content (AvgIpc) is 3.04. The summed E-state index contributed by atoms with van der Waals surface area (Å²) in [5, 5.41) is 5.67. The van der Waals surface area contributed by atoms with Crippen LogP contribution in [-0.4, -0.2) is 12.6 Å². The van der Waals surface area contributed by atoms with Crippen molar-refractivity contribution in [3.8, 4) is 0 Å². The van der Waals surface area contributed by atoms with Gasteiger partial charge in [-0.2, -0.15) is 4.83 Å². The summed E-state index contributed by atoms with van der Waals surface area (Å²) in [7, 11) is 0. The van der Waals surface area contributed by atoms with Crippen molar-refractivity contribution in [1.82, 2.24) is 15.6 Å². The summed E-state index contributed by atoms with van der Waals surface area (Å²) in [4.78, 5) is 3.01. The molecule has 3 rings (SSSR count). The molecule has 1 fully saturated rings. The Bertz CT molecular complexity index is 478. The normalized spacial score (nSPS) is 25.5. The molecule has 1 saturated carbocycles. The van der Waals surface area contributed by atoms with Gasteiger partial charge in [0.1, 0.15) is 0 Å². The van der Waals surface area contributed by atoms with Crippen LogP contribution in [0.4, 0.5) is 0 Å². The van der Waals surface area contributed by atoms with Crippen LogP contribution in [-0.2, 0) is 6.54 Å². The van der Waals surface area contributed by atoms with Gasteiger partial charge in [-0.3, -0.25) is 0 Å². The van der Waals surface area contributed by atoms with Crippen LogP contribution in [0.2, 0.25) is 0 Å². The third kappa shape index (κ3) is 4.23. The molecule has 0 atom stereocenters. The number of hydrogen-bond donors (Lipinski definition) is 4. The van der Waals surface area contributed by atoms with Crippen molar-refractivity contribution in [2.24, 2.45) is 11.7 Å². The smallest absolute Gasteiger partial charge is 0.0645 e. The Morgan fingerprint density at radius 2 is 1.90 bits per heavy atom. The molecule has 0 saturated heterocycles. The number of nitrogens with two attached hydrogens (primary N) is 1. The maximum absolute atomic E-state index is 5.95. The largest absolute Gasteiger partial charge is 0.328 e. The van der Waals surface area contributed by atoms with Crippen LogP contribution in [0.15, 0.2) is 29.7 Å². The fraction of sp³-hybridized carbons (Fsp3) is 0.500. The second-order valence-electron chi connectivity index (χ2n) is 5.99. The molecule has 114 valence electrons. The average molecular weight is 304 g/mol. The van der Waals surface area contributed by atoms with Crippen molar-refractivity contribution in [3.05, 3.63) is 40.8 Å². The first-order chi connectivity index (χ1) is 10.3. The molecule has 0 spiro atoms. The lowest BCUT2D eigenvalue weighted by Gasteiger charge is -2.26. The summed E-state index contributed by atoms with van der Waals surface area (Å²) in [5.74, 6) is 0.806. The summed E-state index contributed by atoms with van der Waals surface area (Å²) in [6.07, 6.45) is 4.93. The number of nitrogens with one attached hydrogen (secondary N) is 3. The van der Waals surface area contributed by atoms with E-state index in [1.807, 2.05) is 0 Å². The maximum atomic E-state index is 5.95. The van der Waals surface area contributed by atoms with E-state index in [1.54, 1.807) is 11.9 Å². The fourth-order valence-electron chi connectivity index (χ4n) is 2.96. The molecule has 5 N–H and O–H groups in total. The molecule has 1 heterocycles. The zero-order valence-electron chi connectivity index (χ0n) is 12.3. The van der Waals surface area contributed by atoms with Gasteiger partial charge in [-0.25, -0.2) is 0 Å². The molecule has 0 aromatic heterocycles. The Balaban J connectivity index is 1.43. The van der Waals surface area contributed by atoms with E-state index in [0.717, 1.165) is 24.7 Å². The molecule has 1 aliphatic carbocycles. The molecule has 0 radical (unpaired) electrons. The lowest BCUT2D eigenvalue weighted by molar-refractivity contribution is 0.314. The highest BCUT2D eigenvalue weighted by molar-refractivity contribution is 8.00. The predicted molar refractivity (Wildman–Crippen MR) is 89.9 cm³/mol. The Kier molecular flexibility index (Phi) is 5.19. The van der Waals surface area contributed by atoms with Crippen LogP contribution in [0.5, 0.6) is 0 Å². The quantitative estimate of drug-likeness (QED) is 0.629. The zero-order valence-corrected chi connectivity index (χ0v) is 13.1. The monoisotopic (exact) mass is 304 g/mol. The van der Waals surface area contributed by atoms with Crippen LogP contribution >= 0.6 is 11.9 Å². The van der Waals surface area contributed by atoms with Gasteiger partial charge in [-0.15, -0.1) is 0 Å². The summed E-state index contributed by atoms with van der Waals surface area (Å²) < 4.78 is 0. The van der Waals surface area contributed by atoms with Crippen molar-refractivity contribution in [1.29, 1.82) is 0 Å². The SMILES string of the molecule is NC1CCC(CNCc2ccc(C3=CSNN3)cc2)CC1. The third-order valence-electron chi connectivity index (χ3n) is 4.34. The minimum Gasteiger partial charge on any atom is -0.328 e. The van der Waals surface area contributed by atoms with Crippen LogP contribution in [0.1, 0.15) is 36.8 Å². The first-order valence-electron chi connectivity index (χ1n) is 7.74. The van der Waals surface area contributed by atoms with Gasteiger partial charge in [0.2, 0.25) is 0 Å². The Labute approximate surface area is 131 Å². The maximum Gasteiger partial charge on any atom is 0.0645 e. The van der Waals surface area contributed by atoms with Gasteiger partial charge in [-0.05, 0) is 61.2 Å². The molecule has 2 aliphatic rings. The number of benzene rings is 1. The van der Waals surface area contributed by atoms with Crippen LogP contribution < -0.4 is 21.3 Å². The van der Waals surface area contributed by atoms with Gasteiger partial charge >= 0.3 is 0 Å². The summed E-state index contributed by atoms with van der Waals surface area (Å²) >= 11 is 1.57. The van der Waals surface area contributed by atoms with E-state index < -0.39 is 0 Å². The van der Waals surface area contributed by atoms with Gasteiger partial charge in [-0.1, -0.05) is 24.3 Å². The number of hydrogen-bond acceptors (Lipinski definition) is 5. The van der Waals surface area contributed by atoms with Crippen molar-refractivity contribution in [2.75, 3.05) is 6.54 Å². The summed E-state index contributed by atoms with van der Waals surface area (Å²) in [6, 6.07) is 9.18. The van der Waals surface area contributed by atoms with E-state index in [-0.39, 0.29) is 0 Å². The first-order valence-corrected chi connectivity index (χ1v) is 8.61. The molecule has 1 aliphatic heterocycles. The van der Waals surface area contributed by atoms with Crippen molar-refractivity contribution in [2.45, 2.75) is 38.3 Å². The molecule has 5 heteroatoms. The highest BCUT2D eigenvalue weighted by Crippen LogP contribution is 2.22. The van der Waals surface area contributed by atoms with Gasteiger partial charge in [0.25, 0.3) is 0 Å². The number of hydrazine groups is 1. The van der Waals surface area contributed by atoms with Crippen molar-refractivity contribution < 1.29 is 0 Å². The Morgan fingerprint density at radius 3 is 2.57 bits per heavy atom. The highest BCUT2D eigenvalue weighted by Gasteiger charge is 2.17. The summed E-state index contributed by atoms with van der Waals surface area (Å²) in [5.41, 5.74) is 12.8. The lowest BCUT2D eigenvalue weighted by atomic mass is 9.86. The second kappa shape index (κ2) is 7.31. The van der Waals surface area contributed by atoms with Gasteiger partial charge in [0, 0.05) is 18.0 Å². The van der Waals surface area contributed by atoms with E-state index in [1.165, 1.54) is 36.8 Å². The number of rotatable bonds is 5. The van der Waals surface area contributed by atoms with E-state index in [2.05, 4.69) is 45.2 Å². The highest BCUT2D eigenvalue weighted by atomic mass is 32.2. The molecule has 0 amide bonds. The van der Waals surface area contributed by atoms with Gasteiger partial charge < -0.3 is 16.5 Å². The van der Waals surface area contributed by atoms with E-state index in [0.29, 0.717) is 6.04 Å². The summed E-state index contributed by atoms with van der Waals surface area (Å²) in [6.45, 7) is 2.06. The molecule has 0 bridgehead atoms. The second-order valence-corrected chi connectivity index (χ2v) is 6.66. The van der Waals surface area contributed by atoms with E-state index in [9.17, 15) is 0 Å². The molecule has 21 heavy (non-hydrogen) atoms. The standard InChI is InChI=1S/C16H24N4S/c17-15-7-3-13(4-8-15)10-18-9-12-1-5-14(6-2-12)16-11-21-20-19-16/h1-2,5-6,11,13,15,18-20H,3-4,7-10,17H2. The molecule has 1 aromatic rings. The molecule has 1 aromatic carbocycles. The minimum absolute atomic E-state index is 0.444. The van der Waals surface area contributed by atoms with Gasteiger partial charge in [0.05, 0.1) is 5.70 Å². The van der Waals surface area contributed by atoms with Crippen LogP contribution in [0.3, 0.4) is 0 Å². The Hall–Kier alpha value is -1.01. The topological polar surface area (TPSA) is 62.1 Å². The van der Waals surface area contributed by atoms with Crippen molar-refractivity contribution in [3.63, 3.8) is 0 Å². The Morgan fingerprint density at radius 1 is 1.14 bits per heavy atom. The molecular weight excluding hydrogens is 280 g/mol. The fourth-order valence-corrected chi connectivity index (χ4v) is 3.50. The molecular formula is C16H24N4S. The van der Waals surface area contributed by atoms with Crippen LogP contribution in [0, 0.1) is 5.92 Å². The van der Waals surface area contributed by atoms with E-state index in [4.69, 9.17) is 5.73 Å². The minimum atomic E-state index is 0.444. The van der Waals surface area contributed by atoms with Gasteiger partial charge in [0.15, 0.2) is 0 Å². The van der Waals surface area contributed by atoms with Crippen LogP contribution in [0.25, 0.3) is 5.70 Å². The lowest BCUT2D eigenvalue weighted by Crippen LogP contribution is -2.31. The molecule has 4 nitrogen and oxygen atoms in total. The first kappa shape index (κ1) is 14.9. The predicted octanol–water partition coefficient (Wildman–Crippen LogP) is 2.35. The molecule has 0 unspecified atom stereocenters. The zero-order chi connectivity index (χ0) is 14.5. The van der Waals surface area contributed by atoms with E-state index >= 15 is 0 Å².